The van der Waals surface area contributed by atoms with Crippen molar-refractivity contribution >= 4 is 23.5 Å². The van der Waals surface area contributed by atoms with E-state index in [1.165, 1.54) is 11.8 Å². The molecule has 0 atom stereocenters. The van der Waals surface area contributed by atoms with Crippen molar-refractivity contribution in [3.8, 4) is 0 Å². The zero-order chi connectivity index (χ0) is 12.5. The number of carbonyl (C=O) groups is 2. The maximum Gasteiger partial charge on any atom is 0.230 e. The number of benzene rings is 1. The standard InChI is InChI=1S/C12H16N2O2S/c13-6-7-14-12(16)9-17-8-11(15)10-4-2-1-3-5-10/h1-5H,6-9,13H2,(H,14,16). The first-order valence-corrected chi connectivity index (χ1v) is 6.52. The number of nitrogens with two attached hydrogens (primary N) is 1. The molecule has 1 amide bonds. The summed E-state index contributed by atoms with van der Waals surface area (Å²) in [6, 6.07) is 9.07. The summed E-state index contributed by atoms with van der Waals surface area (Å²) in [5.41, 5.74) is 5.94. The molecule has 92 valence electrons. The third-order valence-electron chi connectivity index (χ3n) is 2.03. The molecule has 0 heterocycles. The average molecular weight is 252 g/mol. The van der Waals surface area contributed by atoms with E-state index in [4.69, 9.17) is 5.73 Å². The van der Waals surface area contributed by atoms with Gasteiger partial charge in [0, 0.05) is 18.7 Å². The Labute approximate surface area is 105 Å². The molecule has 0 spiro atoms. The fourth-order valence-corrected chi connectivity index (χ4v) is 1.95. The van der Waals surface area contributed by atoms with E-state index in [-0.39, 0.29) is 11.7 Å². The van der Waals surface area contributed by atoms with Gasteiger partial charge in [0.25, 0.3) is 0 Å². The first-order valence-electron chi connectivity index (χ1n) is 5.37. The van der Waals surface area contributed by atoms with Gasteiger partial charge in [-0.15, -0.1) is 11.8 Å². The van der Waals surface area contributed by atoms with Gasteiger partial charge >= 0.3 is 0 Å². The number of rotatable bonds is 7. The van der Waals surface area contributed by atoms with Crippen LogP contribution in [0.2, 0.25) is 0 Å². The van der Waals surface area contributed by atoms with E-state index in [2.05, 4.69) is 5.32 Å². The smallest absolute Gasteiger partial charge is 0.230 e. The lowest BCUT2D eigenvalue weighted by Crippen LogP contribution is -2.30. The Kier molecular flexibility index (Phi) is 6.35. The molecule has 17 heavy (non-hydrogen) atoms. The fraction of sp³-hybridized carbons (Fsp3) is 0.333. The van der Waals surface area contributed by atoms with Crippen LogP contribution in [0.4, 0.5) is 0 Å². The number of hydrogen-bond acceptors (Lipinski definition) is 4. The van der Waals surface area contributed by atoms with Crippen LogP contribution in [0.5, 0.6) is 0 Å². The average Bonchev–Trinajstić information content (AvgIpc) is 2.37. The Morgan fingerprint density at radius 1 is 1.18 bits per heavy atom. The highest BCUT2D eigenvalue weighted by Gasteiger charge is 2.06. The Bertz CT molecular complexity index is 368. The van der Waals surface area contributed by atoms with Gasteiger partial charge in [0.05, 0.1) is 11.5 Å². The van der Waals surface area contributed by atoms with E-state index >= 15 is 0 Å². The zero-order valence-corrected chi connectivity index (χ0v) is 10.3. The summed E-state index contributed by atoms with van der Waals surface area (Å²) < 4.78 is 0. The van der Waals surface area contributed by atoms with Gasteiger partial charge in [0.1, 0.15) is 0 Å². The lowest BCUT2D eigenvalue weighted by molar-refractivity contribution is -0.118. The molecular weight excluding hydrogens is 236 g/mol. The Morgan fingerprint density at radius 3 is 2.53 bits per heavy atom. The van der Waals surface area contributed by atoms with Gasteiger partial charge in [-0.3, -0.25) is 9.59 Å². The summed E-state index contributed by atoms with van der Waals surface area (Å²) >= 11 is 1.31. The number of hydrogen-bond donors (Lipinski definition) is 2. The van der Waals surface area contributed by atoms with Crippen LogP contribution in [0, 0.1) is 0 Å². The summed E-state index contributed by atoms with van der Waals surface area (Å²) in [7, 11) is 0. The van der Waals surface area contributed by atoms with Crippen LogP contribution >= 0.6 is 11.8 Å². The normalized spacial score (nSPS) is 9.94. The second-order valence-electron chi connectivity index (χ2n) is 3.42. The van der Waals surface area contributed by atoms with Crippen molar-refractivity contribution in [3.63, 3.8) is 0 Å². The molecule has 0 aliphatic heterocycles. The van der Waals surface area contributed by atoms with E-state index < -0.39 is 0 Å². The minimum absolute atomic E-state index is 0.0437. The molecule has 0 bridgehead atoms. The quantitative estimate of drug-likeness (QED) is 0.700. The Balaban J connectivity index is 2.23. The number of amides is 1. The van der Waals surface area contributed by atoms with Gasteiger partial charge in [-0.1, -0.05) is 30.3 Å². The van der Waals surface area contributed by atoms with E-state index in [9.17, 15) is 9.59 Å². The fourth-order valence-electron chi connectivity index (χ4n) is 1.21. The van der Waals surface area contributed by atoms with Crippen molar-refractivity contribution in [1.29, 1.82) is 0 Å². The van der Waals surface area contributed by atoms with Crippen LogP contribution in [0.1, 0.15) is 10.4 Å². The van der Waals surface area contributed by atoms with E-state index in [0.29, 0.717) is 30.2 Å². The summed E-state index contributed by atoms with van der Waals surface area (Å²) in [6.07, 6.45) is 0. The van der Waals surface area contributed by atoms with Crippen LogP contribution in [-0.2, 0) is 4.79 Å². The van der Waals surface area contributed by atoms with Crippen LogP contribution in [0.3, 0.4) is 0 Å². The molecule has 1 rings (SSSR count). The summed E-state index contributed by atoms with van der Waals surface area (Å²) in [4.78, 5) is 22.9. The molecule has 3 N–H and O–H groups in total. The minimum atomic E-state index is -0.0821. The van der Waals surface area contributed by atoms with E-state index in [1.54, 1.807) is 12.1 Å². The summed E-state index contributed by atoms with van der Waals surface area (Å²) in [5.74, 6) is 0.571. The molecule has 0 aliphatic carbocycles. The van der Waals surface area contributed by atoms with Gasteiger partial charge in [-0.05, 0) is 0 Å². The second-order valence-corrected chi connectivity index (χ2v) is 4.41. The molecule has 0 radical (unpaired) electrons. The lowest BCUT2D eigenvalue weighted by Gasteiger charge is -2.03. The van der Waals surface area contributed by atoms with Gasteiger partial charge in [-0.25, -0.2) is 0 Å². The topological polar surface area (TPSA) is 72.2 Å². The van der Waals surface area contributed by atoms with Crippen molar-refractivity contribution in [3.05, 3.63) is 35.9 Å². The number of ketones is 1. The van der Waals surface area contributed by atoms with Crippen LogP contribution in [-0.4, -0.2) is 36.3 Å². The predicted octanol–water partition coefficient (Wildman–Crippen LogP) is 0.677. The van der Waals surface area contributed by atoms with Crippen molar-refractivity contribution in [2.45, 2.75) is 0 Å². The highest BCUT2D eigenvalue weighted by atomic mass is 32.2. The third kappa shape index (κ3) is 5.51. The maximum absolute atomic E-state index is 11.7. The van der Waals surface area contributed by atoms with Crippen LogP contribution in [0.15, 0.2) is 30.3 Å². The monoisotopic (exact) mass is 252 g/mol. The SMILES string of the molecule is NCCNC(=O)CSCC(=O)c1ccccc1. The molecule has 0 fully saturated rings. The molecule has 0 aliphatic rings. The molecule has 4 nitrogen and oxygen atoms in total. The third-order valence-corrected chi connectivity index (χ3v) is 2.96. The molecular formula is C12H16N2O2S. The first kappa shape index (κ1) is 13.7. The largest absolute Gasteiger partial charge is 0.354 e. The molecule has 0 aromatic heterocycles. The molecule has 0 unspecified atom stereocenters. The highest BCUT2D eigenvalue weighted by Crippen LogP contribution is 2.06. The Hall–Kier alpha value is -1.33. The highest BCUT2D eigenvalue weighted by molar-refractivity contribution is 8.00. The van der Waals surface area contributed by atoms with Crippen LogP contribution in [0.25, 0.3) is 0 Å². The van der Waals surface area contributed by atoms with Gasteiger partial charge < -0.3 is 11.1 Å². The molecule has 1 aromatic carbocycles. The summed E-state index contributed by atoms with van der Waals surface area (Å²) in [6.45, 7) is 0.908. The molecule has 0 saturated carbocycles. The predicted molar refractivity (Wildman–Crippen MR) is 70.2 cm³/mol. The van der Waals surface area contributed by atoms with Gasteiger partial charge in [0.15, 0.2) is 5.78 Å². The molecule has 1 aromatic rings. The van der Waals surface area contributed by atoms with E-state index in [0.717, 1.165) is 0 Å². The van der Waals surface area contributed by atoms with Crippen molar-refractivity contribution in [2.75, 3.05) is 24.6 Å². The number of Topliss-reactive ketones (excluding diaryl/α,β-unsaturated/α-hetero) is 1. The number of thioether (sulfide) groups is 1. The van der Waals surface area contributed by atoms with Crippen molar-refractivity contribution < 1.29 is 9.59 Å². The molecule has 0 saturated heterocycles. The Morgan fingerprint density at radius 2 is 1.88 bits per heavy atom. The first-order chi connectivity index (χ1) is 8.24. The minimum Gasteiger partial charge on any atom is -0.354 e. The van der Waals surface area contributed by atoms with E-state index in [1.807, 2.05) is 18.2 Å². The maximum atomic E-state index is 11.7. The van der Waals surface area contributed by atoms with Crippen molar-refractivity contribution in [2.24, 2.45) is 5.73 Å². The number of carbonyl (C=O) groups excluding carboxylic acids is 2. The molecule has 5 heteroatoms. The van der Waals surface area contributed by atoms with Crippen molar-refractivity contribution in [1.82, 2.24) is 5.32 Å². The van der Waals surface area contributed by atoms with Gasteiger partial charge in [-0.2, -0.15) is 0 Å². The number of nitrogens with one attached hydrogen (secondary N) is 1. The van der Waals surface area contributed by atoms with Gasteiger partial charge in [0.2, 0.25) is 5.91 Å². The second kappa shape index (κ2) is 7.86. The van der Waals surface area contributed by atoms with Crippen LogP contribution < -0.4 is 11.1 Å². The summed E-state index contributed by atoms with van der Waals surface area (Å²) in [5, 5.41) is 2.65. The zero-order valence-electron chi connectivity index (χ0n) is 9.52. The lowest BCUT2D eigenvalue weighted by atomic mass is 10.2.